The van der Waals surface area contributed by atoms with Gasteiger partial charge in [0, 0.05) is 30.8 Å². The summed E-state index contributed by atoms with van der Waals surface area (Å²) >= 11 is 6.54. The zero-order chi connectivity index (χ0) is 27.2. The Morgan fingerprint density at radius 1 is 0.846 bits per heavy atom. The number of amides is 1. The Balaban J connectivity index is 1.55. The third-order valence-electron chi connectivity index (χ3n) is 6.40. The fourth-order valence-corrected chi connectivity index (χ4v) is 4.58. The molecule has 1 aromatic heterocycles. The van der Waals surface area contributed by atoms with E-state index >= 15 is 0 Å². The van der Waals surface area contributed by atoms with E-state index in [0.29, 0.717) is 47.2 Å². The Labute approximate surface area is 231 Å². The van der Waals surface area contributed by atoms with Gasteiger partial charge in [0.05, 0.1) is 21.3 Å². The highest BCUT2D eigenvalue weighted by atomic mass is 35.5. The van der Waals surface area contributed by atoms with Crippen molar-refractivity contribution < 1.29 is 9.72 Å². The van der Waals surface area contributed by atoms with Crippen molar-refractivity contribution in [2.75, 3.05) is 6.54 Å². The minimum Gasteiger partial charge on any atom is -0.333 e. The lowest BCUT2D eigenvalue weighted by molar-refractivity contribution is -0.384. The number of para-hydroxylation sites is 1. The molecule has 4 aromatic carbocycles. The molecule has 39 heavy (non-hydrogen) atoms. The molecular formula is C31H25ClN4O3. The molecule has 0 spiro atoms. The first-order chi connectivity index (χ1) is 19.0. The summed E-state index contributed by atoms with van der Waals surface area (Å²) in [6, 6.07) is 34.9. The van der Waals surface area contributed by atoms with Crippen LogP contribution in [0.15, 0.2) is 115 Å². The molecule has 0 unspecified atom stereocenters. The largest absolute Gasteiger partial charge is 0.333 e. The molecule has 0 N–H and O–H groups in total. The first kappa shape index (κ1) is 25.9. The molecule has 0 bridgehead atoms. The predicted molar refractivity (Wildman–Crippen MR) is 152 cm³/mol. The topological polar surface area (TPSA) is 81.3 Å². The summed E-state index contributed by atoms with van der Waals surface area (Å²) in [4.78, 5) is 26.7. The Morgan fingerprint density at radius 3 is 2.10 bits per heavy atom. The smallest absolute Gasteiger partial charge is 0.272 e. The fraction of sp³-hybridized carbons (Fsp3) is 0.0968. The molecule has 0 aliphatic carbocycles. The standard InChI is InChI=1S/C31H25ClN4O3/c32-27-13-7-8-14-29(27)35-30(21-28(33-35)25-15-17-26(18-16-25)36(38)39)31(37)34(22-24-11-5-2-6-12-24)20-19-23-9-3-1-4-10-23/h1-18,21H,19-20,22H2. The van der Waals surface area contributed by atoms with Gasteiger partial charge in [-0.3, -0.25) is 14.9 Å². The monoisotopic (exact) mass is 536 g/mol. The van der Waals surface area contributed by atoms with Crippen molar-refractivity contribution in [2.45, 2.75) is 13.0 Å². The molecule has 5 aromatic rings. The molecular weight excluding hydrogens is 512 g/mol. The van der Waals surface area contributed by atoms with Gasteiger partial charge in [-0.15, -0.1) is 0 Å². The number of hydrogen-bond donors (Lipinski definition) is 0. The number of halogens is 1. The van der Waals surface area contributed by atoms with Crippen LogP contribution in [0.4, 0.5) is 5.69 Å². The van der Waals surface area contributed by atoms with E-state index in [0.717, 1.165) is 11.1 Å². The van der Waals surface area contributed by atoms with Crippen molar-refractivity contribution in [3.63, 3.8) is 0 Å². The van der Waals surface area contributed by atoms with Gasteiger partial charge in [0.2, 0.25) is 0 Å². The minimum absolute atomic E-state index is 0.0180. The maximum atomic E-state index is 14.2. The zero-order valence-electron chi connectivity index (χ0n) is 21.0. The van der Waals surface area contributed by atoms with E-state index in [1.807, 2.05) is 77.7 Å². The first-order valence-corrected chi connectivity index (χ1v) is 12.8. The van der Waals surface area contributed by atoms with Crippen molar-refractivity contribution >= 4 is 23.2 Å². The van der Waals surface area contributed by atoms with Gasteiger partial charge in [-0.2, -0.15) is 5.10 Å². The Kier molecular flexibility index (Phi) is 7.80. The number of carbonyl (C=O) groups is 1. The maximum absolute atomic E-state index is 14.2. The van der Waals surface area contributed by atoms with E-state index in [-0.39, 0.29) is 11.6 Å². The Hall–Kier alpha value is -4.75. The summed E-state index contributed by atoms with van der Waals surface area (Å²) in [7, 11) is 0. The van der Waals surface area contributed by atoms with Crippen LogP contribution in [0, 0.1) is 10.1 Å². The normalized spacial score (nSPS) is 10.8. The Bertz CT molecular complexity index is 1590. The second-order valence-electron chi connectivity index (χ2n) is 9.03. The van der Waals surface area contributed by atoms with Gasteiger partial charge in [0.15, 0.2) is 0 Å². The molecule has 7 nitrogen and oxygen atoms in total. The third-order valence-corrected chi connectivity index (χ3v) is 6.72. The molecule has 0 atom stereocenters. The molecule has 0 aliphatic rings. The molecule has 1 heterocycles. The van der Waals surface area contributed by atoms with E-state index in [9.17, 15) is 14.9 Å². The number of nitro groups is 1. The zero-order valence-corrected chi connectivity index (χ0v) is 21.7. The minimum atomic E-state index is -0.449. The fourth-order valence-electron chi connectivity index (χ4n) is 4.36. The van der Waals surface area contributed by atoms with Crippen LogP contribution in [0.3, 0.4) is 0 Å². The molecule has 1 amide bonds. The summed E-state index contributed by atoms with van der Waals surface area (Å²) in [5.41, 5.74) is 4.21. The van der Waals surface area contributed by atoms with Crippen molar-refractivity contribution in [3.05, 3.63) is 147 Å². The van der Waals surface area contributed by atoms with Crippen LogP contribution in [-0.4, -0.2) is 32.1 Å². The van der Waals surface area contributed by atoms with E-state index < -0.39 is 4.92 Å². The SMILES string of the molecule is O=C(c1cc(-c2ccc([N+](=O)[O-])cc2)nn1-c1ccccc1Cl)N(CCc1ccccc1)Cc1ccccc1. The van der Waals surface area contributed by atoms with Crippen molar-refractivity contribution in [1.29, 1.82) is 0 Å². The van der Waals surface area contributed by atoms with Crippen LogP contribution >= 0.6 is 11.6 Å². The number of nitrogens with zero attached hydrogens (tertiary/aromatic N) is 4. The highest BCUT2D eigenvalue weighted by molar-refractivity contribution is 6.32. The van der Waals surface area contributed by atoms with Gasteiger partial charge in [-0.25, -0.2) is 4.68 Å². The van der Waals surface area contributed by atoms with Gasteiger partial charge in [-0.1, -0.05) is 84.4 Å². The summed E-state index contributed by atoms with van der Waals surface area (Å²) in [5, 5.41) is 16.3. The van der Waals surface area contributed by atoms with E-state index in [1.165, 1.54) is 12.1 Å². The predicted octanol–water partition coefficient (Wildman–Crippen LogP) is 6.99. The maximum Gasteiger partial charge on any atom is 0.272 e. The third kappa shape index (κ3) is 6.05. The Morgan fingerprint density at radius 2 is 1.46 bits per heavy atom. The van der Waals surface area contributed by atoms with Crippen LogP contribution < -0.4 is 0 Å². The molecule has 0 fully saturated rings. The average Bonchev–Trinajstić information content (AvgIpc) is 3.41. The van der Waals surface area contributed by atoms with Gasteiger partial charge >= 0.3 is 0 Å². The van der Waals surface area contributed by atoms with Crippen molar-refractivity contribution in [2.24, 2.45) is 0 Å². The van der Waals surface area contributed by atoms with Crippen LogP contribution in [0.25, 0.3) is 16.9 Å². The summed E-state index contributed by atoms with van der Waals surface area (Å²) in [6.45, 7) is 0.922. The number of aromatic nitrogens is 2. The van der Waals surface area contributed by atoms with Crippen LogP contribution in [0.1, 0.15) is 21.6 Å². The molecule has 0 aliphatic heterocycles. The van der Waals surface area contributed by atoms with Crippen LogP contribution in [-0.2, 0) is 13.0 Å². The van der Waals surface area contributed by atoms with Gasteiger partial charge in [0.25, 0.3) is 11.6 Å². The van der Waals surface area contributed by atoms with Crippen LogP contribution in [0.2, 0.25) is 5.02 Å². The second kappa shape index (κ2) is 11.8. The van der Waals surface area contributed by atoms with Gasteiger partial charge in [-0.05, 0) is 47.9 Å². The quantitative estimate of drug-likeness (QED) is 0.150. The number of non-ortho nitro benzene ring substituents is 1. The molecule has 0 saturated heterocycles. The lowest BCUT2D eigenvalue weighted by atomic mass is 10.1. The van der Waals surface area contributed by atoms with Crippen molar-refractivity contribution in [1.82, 2.24) is 14.7 Å². The molecule has 0 radical (unpaired) electrons. The van der Waals surface area contributed by atoms with E-state index in [4.69, 9.17) is 16.7 Å². The summed E-state index contributed by atoms with van der Waals surface area (Å²) in [6.07, 6.45) is 0.689. The second-order valence-corrected chi connectivity index (χ2v) is 9.44. The molecule has 5 rings (SSSR count). The lowest BCUT2D eigenvalue weighted by Crippen LogP contribution is -2.34. The number of carbonyl (C=O) groups excluding carboxylic acids is 1. The van der Waals surface area contributed by atoms with Crippen LogP contribution in [0.5, 0.6) is 0 Å². The molecule has 194 valence electrons. The van der Waals surface area contributed by atoms with Gasteiger partial charge in [0.1, 0.15) is 5.69 Å². The number of rotatable bonds is 9. The van der Waals surface area contributed by atoms with E-state index in [2.05, 4.69) is 0 Å². The number of benzene rings is 4. The van der Waals surface area contributed by atoms with Crippen molar-refractivity contribution in [3.8, 4) is 16.9 Å². The number of hydrogen-bond acceptors (Lipinski definition) is 4. The van der Waals surface area contributed by atoms with E-state index in [1.54, 1.807) is 35.0 Å². The summed E-state index contributed by atoms with van der Waals surface area (Å²) in [5.74, 6) is -0.199. The number of nitro benzene ring substituents is 1. The molecule has 0 saturated carbocycles. The van der Waals surface area contributed by atoms with Gasteiger partial charge < -0.3 is 4.90 Å². The first-order valence-electron chi connectivity index (χ1n) is 12.5. The highest BCUT2D eigenvalue weighted by Crippen LogP contribution is 2.28. The average molecular weight is 537 g/mol. The molecule has 8 heteroatoms. The highest BCUT2D eigenvalue weighted by Gasteiger charge is 2.24. The lowest BCUT2D eigenvalue weighted by Gasteiger charge is -2.23. The summed E-state index contributed by atoms with van der Waals surface area (Å²) < 4.78 is 1.56.